The van der Waals surface area contributed by atoms with Crippen molar-refractivity contribution >= 4 is 17.9 Å². The average molecular weight is 313 g/mol. The summed E-state index contributed by atoms with van der Waals surface area (Å²) in [4.78, 5) is 23.4. The van der Waals surface area contributed by atoms with E-state index in [9.17, 15) is 9.59 Å². The van der Waals surface area contributed by atoms with Gasteiger partial charge in [-0.15, -0.1) is 0 Å². The number of anilines is 1. The molecular formula is C18H19NO4. The summed E-state index contributed by atoms with van der Waals surface area (Å²) in [6, 6.07) is 11.8. The van der Waals surface area contributed by atoms with Crippen LogP contribution in [0.25, 0.3) is 0 Å². The molecule has 0 fully saturated rings. The van der Waals surface area contributed by atoms with Crippen molar-refractivity contribution < 1.29 is 19.1 Å². The maximum absolute atomic E-state index is 12.4. The molecule has 5 heteroatoms. The molecule has 23 heavy (non-hydrogen) atoms. The van der Waals surface area contributed by atoms with Crippen LogP contribution in [0.1, 0.15) is 34.1 Å². The first-order valence-corrected chi connectivity index (χ1v) is 7.35. The number of benzene rings is 2. The lowest BCUT2D eigenvalue weighted by molar-refractivity contribution is 0.102. The SMILES string of the molecule is CCCOc1ccc(C=O)cc1NC(=O)c1cccc(OC)c1. The van der Waals surface area contributed by atoms with Gasteiger partial charge in [-0.05, 0) is 42.8 Å². The van der Waals surface area contributed by atoms with Crippen LogP contribution in [0.15, 0.2) is 42.5 Å². The Balaban J connectivity index is 2.25. The summed E-state index contributed by atoms with van der Waals surface area (Å²) >= 11 is 0. The molecule has 120 valence electrons. The molecule has 0 aliphatic rings. The second-order valence-corrected chi connectivity index (χ2v) is 4.91. The van der Waals surface area contributed by atoms with E-state index in [1.54, 1.807) is 49.6 Å². The molecule has 1 N–H and O–H groups in total. The van der Waals surface area contributed by atoms with Crippen molar-refractivity contribution in [2.24, 2.45) is 0 Å². The third-order valence-electron chi connectivity index (χ3n) is 3.18. The molecular weight excluding hydrogens is 294 g/mol. The zero-order valence-corrected chi connectivity index (χ0v) is 13.2. The van der Waals surface area contributed by atoms with E-state index in [1.807, 2.05) is 6.92 Å². The number of carbonyl (C=O) groups excluding carboxylic acids is 2. The normalized spacial score (nSPS) is 10.0. The second-order valence-electron chi connectivity index (χ2n) is 4.91. The molecule has 2 aromatic rings. The minimum atomic E-state index is -0.298. The Morgan fingerprint density at radius 2 is 2.04 bits per heavy atom. The van der Waals surface area contributed by atoms with Gasteiger partial charge in [-0.3, -0.25) is 9.59 Å². The molecule has 0 aliphatic heterocycles. The zero-order valence-electron chi connectivity index (χ0n) is 13.2. The number of hydrogen-bond acceptors (Lipinski definition) is 4. The molecule has 0 saturated carbocycles. The van der Waals surface area contributed by atoms with E-state index in [-0.39, 0.29) is 5.91 Å². The van der Waals surface area contributed by atoms with Crippen LogP contribution in [0.2, 0.25) is 0 Å². The van der Waals surface area contributed by atoms with Crippen LogP contribution in [0.5, 0.6) is 11.5 Å². The van der Waals surface area contributed by atoms with Crippen LogP contribution in [-0.2, 0) is 0 Å². The molecule has 0 saturated heterocycles. The van der Waals surface area contributed by atoms with Crippen molar-refractivity contribution in [2.45, 2.75) is 13.3 Å². The Kier molecular flexibility index (Phi) is 5.74. The van der Waals surface area contributed by atoms with Gasteiger partial charge in [0.2, 0.25) is 0 Å². The van der Waals surface area contributed by atoms with E-state index in [4.69, 9.17) is 9.47 Å². The van der Waals surface area contributed by atoms with Crippen molar-refractivity contribution in [3.63, 3.8) is 0 Å². The Morgan fingerprint density at radius 3 is 2.74 bits per heavy atom. The predicted octanol–water partition coefficient (Wildman–Crippen LogP) is 3.55. The largest absolute Gasteiger partial charge is 0.497 e. The van der Waals surface area contributed by atoms with E-state index in [1.165, 1.54) is 0 Å². The summed E-state index contributed by atoms with van der Waals surface area (Å²) in [6.45, 7) is 2.52. The van der Waals surface area contributed by atoms with Crippen LogP contribution in [0, 0.1) is 0 Å². The highest BCUT2D eigenvalue weighted by Crippen LogP contribution is 2.26. The number of nitrogens with one attached hydrogen (secondary N) is 1. The molecule has 0 heterocycles. The van der Waals surface area contributed by atoms with Crippen LogP contribution in [-0.4, -0.2) is 25.9 Å². The van der Waals surface area contributed by atoms with Crippen LogP contribution in [0.3, 0.4) is 0 Å². The molecule has 2 aromatic carbocycles. The molecule has 0 spiro atoms. The van der Waals surface area contributed by atoms with E-state index in [0.717, 1.165) is 12.7 Å². The summed E-state index contributed by atoms with van der Waals surface area (Å²) in [5.74, 6) is 0.837. The van der Waals surface area contributed by atoms with Gasteiger partial charge in [-0.1, -0.05) is 13.0 Å². The zero-order chi connectivity index (χ0) is 16.7. The molecule has 5 nitrogen and oxygen atoms in total. The lowest BCUT2D eigenvalue weighted by atomic mass is 10.1. The Labute approximate surface area is 135 Å². The lowest BCUT2D eigenvalue weighted by Gasteiger charge is -2.13. The number of aldehydes is 1. The van der Waals surface area contributed by atoms with Crippen molar-refractivity contribution in [3.05, 3.63) is 53.6 Å². The minimum absolute atomic E-state index is 0.298. The Hall–Kier alpha value is -2.82. The standard InChI is InChI=1S/C18H19NO4/c1-3-9-23-17-8-7-13(12-20)10-16(17)19-18(21)14-5-4-6-15(11-14)22-2/h4-8,10-12H,3,9H2,1-2H3,(H,19,21). The molecule has 1 amide bonds. The summed E-state index contributed by atoms with van der Waals surface area (Å²) in [5, 5.41) is 2.78. The van der Waals surface area contributed by atoms with Gasteiger partial charge < -0.3 is 14.8 Å². The number of methoxy groups -OCH3 is 1. The first-order chi connectivity index (χ1) is 11.2. The monoisotopic (exact) mass is 313 g/mol. The molecule has 0 atom stereocenters. The third-order valence-corrected chi connectivity index (χ3v) is 3.18. The highest BCUT2D eigenvalue weighted by atomic mass is 16.5. The average Bonchev–Trinajstić information content (AvgIpc) is 2.60. The Morgan fingerprint density at radius 1 is 1.22 bits per heavy atom. The quantitative estimate of drug-likeness (QED) is 0.794. The van der Waals surface area contributed by atoms with Crippen LogP contribution >= 0.6 is 0 Å². The first-order valence-electron chi connectivity index (χ1n) is 7.35. The molecule has 2 rings (SSSR count). The van der Waals surface area contributed by atoms with E-state index < -0.39 is 0 Å². The second kappa shape index (κ2) is 7.98. The maximum atomic E-state index is 12.4. The smallest absolute Gasteiger partial charge is 0.255 e. The van der Waals surface area contributed by atoms with Crippen molar-refractivity contribution in [3.8, 4) is 11.5 Å². The summed E-state index contributed by atoms with van der Waals surface area (Å²) in [5.41, 5.74) is 1.40. The molecule has 0 aromatic heterocycles. The van der Waals surface area contributed by atoms with Gasteiger partial charge in [0.25, 0.3) is 5.91 Å². The van der Waals surface area contributed by atoms with Gasteiger partial charge in [-0.2, -0.15) is 0 Å². The van der Waals surface area contributed by atoms with Crippen molar-refractivity contribution in [1.82, 2.24) is 0 Å². The van der Waals surface area contributed by atoms with Gasteiger partial charge in [0.05, 0.1) is 19.4 Å². The van der Waals surface area contributed by atoms with Gasteiger partial charge in [0.15, 0.2) is 0 Å². The van der Waals surface area contributed by atoms with Crippen LogP contribution < -0.4 is 14.8 Å². The number of rotatable bonds is 7. The number of hydrogen-bond donors (Lipinski definition) is 1. The maximum Gasteiger partial charge on any atom is 0.255 e. The molecule has 0 radical (unpaired) electrons. The van der Waals surface area contributed by atoms with Crippen molar-refractivity contribution in [1.29, 1.82) is 0 Å². The highest BCUT2D eigenvalue weighted by molar-refractivity contribution is 6.05. The lowest BCUT2D eigenvalue weighted by Crippen LogP contribution is -2.13. The number of carbonyl (C=O) groups is 2. The fourth-order valence-corrected chi connectivity index (χ4v) is 2.02. The highest BCUT2D eigenvalue weighted by Gasteiger charge is 2.12. The van der Waals surface area contributed by atoms with Gasteiger partial charge in [-0.25, -0.2) is 0 Å². The van der Waals surface area contributed by atoms with Crippen molar-refractivity contribution in [2.75, 3.05) is 19.0 Å². The van der Waals surface area contributed by atoms with Gasteiger partial charge in [0, 0.05) is 11.1 Å². The molecule has 0 unspecified atom stereocenters. The van der Waals surface area contributed by atoms with E-state index in [2.05, 4.69) is 5.32 Å². The topological polar surface area (TPSA) is 64.6 Å². The van der Waals surface area contributed by atoms with Gasteiger partial charge in [0.1, 0.15) is 17.8 Å². The summed E-state index contributed by atoms with van der Waals surface area (Å²) in [7, 11) is 1.54. The number of ether oxygens (including phenoxy) is 2. The predicted molar refractivity (Wildman–Crippen MR) is 88.6 cm³/mol. The van der Waals surface area contributed by atoms with Crippen LogP contribution in [0.4, 0.5) is 5.69 Å². The fraction of sp³-hybridized carbons (Fsp3) is 0.222. The molecule has 0 bridgehead atoms. The minimum Gasteiger partial charge on any atom is -0.497 e. The summed E-state index contributed by atoms with van der Waals surface area (Å²) in [6.07, 6.45) is 1.57. The van der Waals surface area contributed by atoms with E-state index in [0.29, 0.717) is 34.9 Å². The van der Waals surface area contributed by atoms with Gasteiger partial charge >= 0.3 is 0 Å². The third kappa shape index (κ3) is 4.32. The molecule has 0 aliphatic carbocycles. The number of amides is 1. The van der Waals surface area contributed by atoms with E-state index >= 15 is 0 Å². The first kappa shape index (κ1) is 16.5. The fourth-order valence-electron chi connectivity index (χ4n) is 2.02. The Bertz CT molecular complexity index is 697. The summed E-state index contributed by atoms with van der Waals surface area (Å²) < 4.78 is 10.7.